The van der Waals surface area contributed by atoms with Crippen molar-refractivity contribution in [2.45, 2.75) is 26.0 Å². The topological polar surface area (TPSA) is 67.5 Å². The SMILES string of the molecule is CCCN1C(=O)c2[nH]nc(-c3ccc(Cl)cc3)c2C1c1ccc(OCc2ccccc2)c(OC)c1. The number of carbonyl (C=O) groups is 1. The number of H-pyrrole nitrogens is 1. The zero-order valence-electron chi connectivity index (χ0n) is 19.6. The summed E-state index contributed by atoms with van der Waals surface area (Å²) in [5.74, 6) is 1.21. The summed E-state index contributed by atoms with van der Waals surface area (Å²) in [6.45, 7) is 3.13. The summed E-state index contributed by atoms with van der Waals surface area (Å²) in [6.07, 6.45) is 0.839. The number of nitrogens with zero attached hydrogens (tertiary/aromatic N) is 2. The molecule has 1 aliphatic rings. The number of nitrogens with one attached hydrogen (secondary N) is 1. The Kier molecular flexibility index (Phi) is 6.47. The lowest BCUT2D eigenvalue weighted by atomic mass is 9.95. The summed E-state index contributed by atoms with van der Waals surface area (Å²) >= 11 is 6.10. The highest BCUT2D eigenvalue weighted by molar-refractivity contribution is 6.30. The van der Waals surface area contributed by atoms with E-state index in [-0.39, 0.29) is 11.9 Å². The Bertz CT molecular complexity index is 1340. The lowest BCUT2D eigenvalue weighted by Crippen LogP contribution is -2.30. The van der Waals surface area contributed by atoms with Gasteiger partial charge >= 0.3 is 0 Å². The molecule has 1 unspecified atom stereocenters. The first-order valence-electron chi connectivity index (χ1n) is 11.6. The van der Waals surface area contributed by atoms with Gasteiger partial charge in [-0.05, 0) is 41.8 Å². The number of amides is 1. The number of ether oxygens (including phenoxy) is 2. The van der Waals surface area contributed by atoms with Crippen molar-refractivity contribution in [1.29, 1.82) is 0 Å². The quantitative estimate of drug-likeness (QED) is 0.318. The fraction of sp³-hybridized carbons (Fsp3) is 0.214. The largest absolute Gasteiger partial charge is 0.493 e. The average Bonchev–Trinajstić information content (AvgIpc) is 3.43. The predicted octanol–water partition coefficient (Wildman–Crippen LogP) is 6.27. The van der Waals surface area contributed by atoms with Crippen molar-refractivity contribution in [3.05, 3.63) is 100 Å². The maximum absolute atomic E-state index is 13.3. The number of carbonyl (C=O) groups excluding carboxylic acids is 1. The summed E-state index contributed by atoms with van der Waals surface area (Å²) in [4.78, 5) is 15.2. The van der Waals surface area contributed by atoms with E-state index < -0.39 is 0 Å². The molecule has 6 nitrogen and oxygen atoms in total. The van der Waals surface area contributed by atoms with Gasteiger partial charge in [-0.1, -0.05) is 67.1 Å². The van der Waals surface area contributed by atoms with Gasteiger partial charge < -0.3 is 14.4 Å². The van der Waals surface area contributed by atoms with Gasteiger partial charge in [-0.25, -0.2) is 0 Å². The molecule has 0 spiro atoms. The Morgan fingerprint density at radius 3 is 2.51 bits per heavy atom. The van der Waals surface area contributed by atoms with E-state index in [2.05, 4.69) is 17.1 Å². The van der Waals surface area contributed by atoms with E-state index in [9.17, 15) is 4.79 Å². The number of aromatic amines is 1. The van der Waals surface area contributed by atoms with Crippen molar-refractivity contribution in [1.82, 2.24) is 15.1 Å². The molecule has 0 saturated heterocycles. The van der Waals surface area contributed by atoms with Crippen molar-refractivity contribution in [3.63, 3.8) is 0 Å². The molecule has 2 heterocycles. The maximum Gasteiger partial charge on any atom is 0.273 e. The van der Waals surface area contributed by atoms with Crippen molar-refractivity contribution in [3.8, 4) is 22.8 Å². The molecule has 3 aromatic carbocycles. The second-order valence-electron chi connectivity index (χ2n) is 8.45. The number of benzene rings is 3. The summed E-state index contributed by atoms with van der Waals surface area (Å²) in [5.41, 5.74) is 5.05. The van der Waals surface area contributed by atoms with Crippen LogP contribution in [0.5, 0.6) is 11.5 Å². The zero-order valence-corrected chi connectivity index (χ0v) is 20.4. The molecule has 0 fully saturated rings. The fourth-order valence-corrected chi connectivity index (χ4v) is 4.68. The van der Waals surface area contributed by atoms with Gasteiger partial charge in [-0.15, -0.1) is 0 Å². The van der Waals surface area contributed by atoms with Gasteiger partial charge in [0.15, 0.2) is 11.5 Å². The Hall–Kier alpha value is -3.77. The summed E-state index contributed by atoms with van der Waals surface area (Å²) in [7, 11) is 1.63. The van der Waals surface area contributed by atoms with Crippen LogP contribution in [0.4, 0.5) is 0 Å². The standard InChI is InChI=1S/C28H26ClN3O3/c1-3-15-32-27(24-25(30-31-26(24)28(32)33)19-9-12-21(29)13-10-19)20-11-14-22(23(16-20)34-2)35-17-18-7-5-4-6-8-18/h4-14,16,27H,3,15,17H2,1-2H3,(H,30,31). The number of fused-ring (bicyclic) bond motifs is 1. The van der Waals surface area contributed by atoms with Gasteiger partial charge in [-0.2, -0.15) is 5.10 Å². The van der Waals surface area contributed by atoms with Crippen LogP contribution in [0.2, 0.25) is 5.02 Å². The fourth-order valence-electron chi connectivity index (χ4n) is 4.55. The zero-order chi connectivity index (χ0) is 24.4. The predicted molar refractivity (Wildman–Crippen MR) is 136 cm³/mol. The minimum atomic E-state index is -0.293. The first-order chi connectivity index (χ1) is 17.1. The van der Waals surface area contributed by atoms with Crippen LogP contribution in [-0.2, 0) is 6.61 Å². The highest BCUT2D eigenvalue weighted by Crippen LogP contribution is 2.44. The minimum absolute atomic E-state index is 0.0528. The number of halogens is 1. The lowest BCUT2D eigenvalue weighted by Gasteiger charge is -2.26. The van der Waals surface area contributed by atoms with Crippen LogP contribution in [0.3, 0.4) is 0 Å². The number of methoxy groups -OCH3 is 1. The van der Waals surface area contributed by atoms with E-state index in [4.69, 9.17) is 21.1 Å². The van der Waals surface area contributed by atoms with Crippen LogP contribution >= 0.6 is 11.6 Å². The third kappa shape index (κ3) is 4.37. The second kappa shape index (κ2) is 9.84. The van der Waals surface area contributed by atoms with E-state index in [0.29, 0.717) is 35.4 Å². The minimum Gasteiger partial charge on any atom is -0.493 e. The molecule has 0 radical (unpaired) electrons. The third-order valence-corrected chi connectivity index (χ3v) is 6.44. The van der Waals surface area contributed by atoms with Crippen LogP contribution in [0.25, 0.3) is 11.3 Å². The van der Waals surface area contributed by atoms with Crippen LogP contribution in [0.15, 0.2) is 72.8 Å². The Balaban J connectivity index is 1.53. The maximum atomic E-state index is 13.3. The Morgan fingerprint density at radius 2 is 1.80 bits per heavy atom. The second-order valence-corrected chi connectivity index (χ2v) is 8.89. The van der Waals surface area contributed by atoms with Gasteiger partial charge in [-0.3, -0.25) is 9.89 Å². The van der Waals surface area contributed by atoms with Crippen molar-refractivity contribution in [2.24, 2.45) is 0 Å². The Labute approximate surface area is 209 Å². The molecule has 1 aliphatic heterocycles. The highest BCUT2D eigenvalue weighted by atomic mass is 35.5. The van der Waals surface area contributed by atoms with E-state index >= 15 is 0 Å². The number of hydrogen-bond donors (Lipinski definition) is 1. The van der Waals surface area contributed by atoms with E-state index in [1.165, 1.54) is 0 Å². The van der Waals surface area contributed by atoms with Crippen LogP contribution in [-0.4, -0.2) is 34.7 Å². The Morgan fingerprint density at radius 1 is 1.03 bits per heavy atom. The van der Waals surface area contributed by atoms with Crippen LogP contribution in [0.1, 0.15) is 46.6 Å². The van der Waals surface area contributed by atoms with Gasteiger partial charge in [0.1, 0.15) is 12.3 Å². The summed E-state index contributed by atoms with van der Waals surface area (Å²) in [5, 5.41) is 8.15. The smallest absolute Gasteiger partial charge is 0.273 e. The molecule has 1 aromatic heterocycles. The summed E-state index contributed by atoms with van der Waals surface area (Å²) in [6, 6.07) is 23.1. The monoisotopic (exact) mass is 487 g/mol. The van der Waals surface area contributed by atoms with E-state index in [1.807, 2.05) is 77.7 Å². The first-order valence-corrected chi connectivity index (χ1v) is 12.0. The molecule has 178 valence electrons. The number of rotatable bonds is 8. The normalized spacial score (nSPS) is 14.8. The van der Waals surface area contributed by atoms with Crippen molar-refractivity contribution < 1.29 is 14.3 Å². The van der Waals surface area contributed by atoms with Gasteiger partial charge in [0.25, 0.3) is 5.91 Å². The van der Waals surface area contributed by atoms with Crippen molar-refractivity contribution >= 4 is 17.5 Å². The number of aromatic nitrogens is 2. The van der Waals surface area contributed by atoms with E-state index in [0.717, 1.165) is 34.4 Å². The molecule has 7 heteroatoms. The highest BCUT2D eigenvalue weighted by Gasteiger charge is 2.42. The van der Waals surface area contributed by atoms with Crippen LogP contribution < -0.4 is 9.47 Å². The molecule has 1 N–H and O–H groups in total. The van der Waals surface area contributed by atoms with Gasteiger partial charge in [0.05, 0.1) is 18.8 Å². The molecular weight excluding hydrogens is 462 g/mol. The number of hydrogen-bond acceptors (Lipinski definition) is 4. The summed E-state index contributed by atoms with van der Waals surface area (Å²) < 4.78 is 11.7. The molecule has 35 heavy (non-hydrogen) atoms. The molecule has 0 aliphatic carbocycles. The average molecular weight is 488 g/mol. The molecule has 0 saturated carbocycles. The molecule has 4 aromatic rings. The van der Waals surface area contributed by atoms with Gasteiger partial charge in [0.2, 0.25) is 0 Å². The third-order valence-electron chi connectivity index (χ3n) is 6.19. The lowest BCUT2D eigenvalue weighted by molar-refractivity contribution is 0.0743. The molecule has 0 bridgehead atoms. The molecule has 1 atom stereocenters. The molecule has 5 rings (SSSR count). The van der Waals surface area contributed by atoms with E-state index in [1.54, 1.807) is 7.11 Å². The molecular formula is C28H26ClN3O3. The van der Waals surface area contributed by atoms with Crippen molar-refractivity contribution in [2.75, 3.05) is 13.7 Å². The first kappa shape index (κ1) is 23.0. The van der Waals surface area contributed by atoms with Gasteiger partial charge in [0, 0.05) is 22.7 Å². The molecule has 1 amide bonds. The van der Waals surface area contributed by atoms with Crippen LogP contribution in [0, 0.1) is 0 Å².